The first kappa shape index (κ1) is 6.82. The van der Waals surface area contributed by atoms with Crippen LogP contribution >= 0.6 is 11.6 Å². The number of carbonyl (C=O) groups excluding carboxylic acids is 1. The second-order valence-electron chi connectivity index (χ2n) is 1.14. The second-order valence-corrected chi connectivity index (χ2v) is 1.79. The minimum atomic E-state index is -0.523. The van der Waals surface area contributed by atoms with Crippen molar-refractivity contribution in [2.24, 2.45) is 0 Å². The van der Waals surface area contributed by atoms with Crippen LogP contribution < -0.4 is 0 Å². The molecule has 0 amide bonds. The van der Waals surface area contributed by atoms with Crippen LogP contribution in [-0.2, 0) is 9.45 Å². The van der Waals surface area contributed by atoms with Gasteiger partial charge in [-0.1, -0.05) is 0 Å². The molecule has 1 atom stereocenters. The lowest BCUT2D eigenvalue weighted by atomic mass is 10.4. The molecule has 2 nitrogen and oxygen atoms in total. The maximum atomic E-state index is 10.2. The third-order valence-electron chi connectivity index (χ3n) is 0.526. The molecule has 0 fully saturated rings. The highest BCUT2D eigenvalue weighted by atomic mass is 35.5. The molecule has 7 heavy (non-hydrogen) atoms. The first-order valence-electron chi connectivity index (χ1n) is 1.90. The molecule has 40 valence electrons. The lowest BCUT2D eigenvalue weighted by Gasteiger charge is -1.96. The molecule has 0 heterocycles. The van der Waals surface area contributed by atoms with E-state index in [4.69, 9.17) is 11.6 Å². The molecule has 0 radical (unpaired) electrons. The highest BCUT2D eigenvalue weighted by Crippen LogP contribution is 1.93. The quantitative estimate of drug-likeness (QED) is 0.351. The van der Waals surface area contributed by atoms with E-state index in [1.165, 1.54) is 8.05 Å². The first-order valence-corrected chi connectivity index (χ1v) is 2.34. The molecule has 0 aliphatic heterocycles. The van der Waals surface area contributed by atoms with Crippen molar-refractivity contribution in [1.29, 1.82) is 0 Å². The molecule has 0 bridgehead atoms. The van der Waals surface area contributed by atoms with Gasteiger partial charge in [0, 0.05) is 0 Å². The van der Waals surface area contributed by atoms with Gasteiger partial charge < -0.3 is 4.65 Å². The molecule has 0 aliphatic carbocycles. The van der Waals surface area contributed by atoms with Gasteiger partial charge in [0.1, 0.15) is 5.38 Å². The van der Waals surface area contributed by atoms with Crippen molar-refractivity contribution in [3.63, 3.8) is 0 Å². The molecular formula is C3H6BClO2. The molecule has 0 spiro atoms. The number of hydrogen-bond acceptors (Lipinski definition) is 2. The number of rotatable bonds is 1. The number of carbonyl (C=O) groups is 1. The van der Waals surface area contributed by atoms with Gasteiger partial charge in [-0.3, -0.25) is 4.79 Å². The lowest BCUT2D eigenvalue weighted by Crippen LogP contribution is -2.11. The van der Waals surface area contributed by atoms with Crippen molar-refractivity contribution in [3.05, 3.63) is 0 Å². The van der Waals surface area contributed by atoms with Crippen LogP contribution in [0, 0.1) is 0 Å². The van der Waals surface area contributed by atoms with Crippen molar-refractivity contribution in [1.82, 2.24) is 0 Å². The zero-order valence-corrected chi connectivity index (χ0v) is 5.03. The number of alkyl halides is 1. The zero-order valence-electron chi connectivity index (χ0n) is 4.27. The summed E-state index contributed by atoms with van der Waals surface area (Å²) in [6.45, 7) is 1.56. The van der Waals surface area contributed by atoms with E-state index in [0.717, 1.165) is 0 Å². The fourth-order valence-corrected chi connectivity index (χ4v) is 0.251. The van der Waals surface area contributed by atoms with Crippen molar-refractivity contribution < 1.29 is 9.45 Å². The Balaban J connectivity index is 3.35. The van der Waals surface area contributed by atoms with E-state index in [1.54, 1.807) is 6.92 Å². The van der Waals surface area contributed by atoms with Gasteiger partial charge in [0.15, 0.2) is 0 Å². The summed E-state index contributed by atoms with van der Waals surface area (Å²) >= 11 is 5.25. The third-order valence-corrected chi connectivity index (χ3v) is 0.704. The number of halogens is 1. The predicted octanol–water partition coefficient (Wildman–Crippen LogP) is -0.295. The Morgan fingerprint density at radius 2 is 2.43 bits per heavy atom. The van der Waals surface area contributed by atoms with Crippen molar-refractivity contribution in [3.8, 4) is 0 Å². The molecular weight excluding hydrogens is 114 g/mol. The Kier molecular flexibility index (Phi) is 2.84. The van der Waals surface area contributed by atoms with Gasteiger partial charge in [0.05, 0.1) is 0 Å². The van der Waals surface area contributed by atoms with E-state index in [2.05, 4.69) is 4.65 Å². The van der Waals surface area contributed by atoms with Crippen molar-refractivity contribution in [2.75, 3.05) is 0 Å². The van der Waals surface area contributed by atoms with Gasteiger partial charge in [-0.05, 0) is 6.92 Å². The molecule has 0 saturated carbocycles. The Morgan fingerprint density at radius 3 is 2.43 bits per heavy atom. The Hall–Kier alpha value is -0.175. The van der Waals surface area contributed by atoms with Crippen LogP contribution in [-0.4, -0.2) is 19.4 Å². The molecule has 0 aromatic heterocycles. The fourth-order valence-electron chi connectivity index (χ4n) is 0.162. The monoisotopic (exact) mass is 120 g/mol. The molecule has 0 aliphatic rings. The van der Waals surface area contributed by atoms with E-state index in [9.17, 15) is 4.79 Å². The average molecular weight is 120 g/mol. The highest BCUT2D eigenvalue weighted by Gasteiger charge is 2.05. The summed E-state index contributed by atoms with van der Waals surface area (Å²) in [5, 5.41) is -0.523. The average Bonchev–Trinajstić information content (AvgIpc) is 1.65. The third kappa shape index (κ3) is 2.51. The molecule has 0 aromatic carbocycles. The molecule has 1 unspecified atom stereocenters. The van der Waals surface area contributed by atoms with Crippen LogP contribution in [0.4, 0.5) is 0 Å². The van der Waals surface area contributed by atoms with Crippen LogP contribution in [0.3, 0.4) is 0 Å². The molecule has 0 saturated heterocycles. The number of hydrogen-bond donors (Lipinski definition) is 0. The van der Waals surface area contributed by atoms with E-state index in [0.29, 0.717) is 0 Å². The topological polar surface area (TPSA) is 26.3 Å². The zero-order chi connectivity index (χ0) is 5.86. The maximum absolute atomic E-state index is 10.2. The van der Waals surface area contributed by atoms with Crippen molar-refractivity contribution in [2.45, 2.75) is 12.3 Å². The maximum Gasteiger partial charge on any atom is 0.326 e. The largest absolute Gasteiger partial charge is 0.542 e. The van der Waals surface area contributed by atoms with Gasteiger partial charge in [-0.15, -0.1) is 11.6 Å². The summed E-state index contributed by atoms with van der Waals surface area (Å²) in [6, 6.07) is 0. The minimum absolute atomic E-state index is 0.387. The summed E-state index contributed by atoms with van der Waals surface area (Å²) in [5.74, 6) is -0.387. The van der Waals surface area contributed by atoms with E-state index < -0.39 is 5.38 Å². The van der Waals surface area contributed by atoms with Crippen molar-refractivity contribution >= 4 is 25.6 Å². The fraction of sp³-hybridized carbons (Fsp3) is 0.667. The highest BCUT2D eigenvalue weighted by molar-refractivity contribution is 6.30. The summed E-state index contributed by atoms with van der Waals surface area (Å²) in [7, 11) is 1.31. The van der Waals surface area contributed by atoms with Gasteiger partial charge in [0.2, 0.25) is 0 Å². The van der Waals surface area contributed by atoms with Crippen LogP contribution in [0.15, 0.2) is 0 Å². The van der Waals surface area contributed by atoms with Gasteiger partial charge in [-0.25, -0.2) is 0 Å². The Bertz CT molecular complexity index is 73.3. The molecule has 0 aromatic rings. The summed E-state index contributed by atoms with van der Waals surface area (Å²) in [6.07, 6.45) is 0. The summed E-state index contributed by atoms with van der Waals surface area (Å²) < 4.78 is 4.24. The summed E-state index contributed by atoms with van der Waals surface area (Å²) in [5.41, 5.74) is 0. The molecule has 4 heteroatoms. The molecule has 0 rings (SSSR count). The van der Waals surface area contributed by atoms with Gasteiger partial charge in [-0.2, -0.15) is 0 Å². The molecule has 0 N–H and O–H groups in total. The standard InChI is InChI=1S/C3H6BClO2/c1-2(5)3(6)7-4/h2H,4H2,1H3. The van der Waals surface area contributed by atoms with Crippen LogP contribution in [0.1, 0.15) is 6.92 Å². The van der Waals surface area contributed by atoms with Gasteiger partial charge >= 0.3 is 14.0 Å². The Morgan fingerprint density at radius 1 is 2.00 bits per heavy atom. The predicted molar refractivity (Wildman–Crippen MR) is 30.0 cm³/mol. The minimum Gasteiger partial charge on any atom is -0.542 e. The van der Waals surface area contributed by atoms with E-state index >= 15 is 0 Å². The van der Waals surface area contributed by atoms with Crippen LogP contribution in [0.2, 0.25) is 0 Å². The first-order chi connectivity index (χ1) is 3.18. The summed E-state index contributed by atoms with van der Waals surface area (Å²) in [4.78, 5) is 10.2. The smallest absolute Gasteiger partial charge is 0.326 e. The van der Waals surface area contributed by atoms with Crippen LogP contribution in [0.5, 0.6) is 0 Å². The SMILES string of the molecule is BOC(=O)C(C)Cl. The normalized spacial score (nSPS) is 12.9. The Labute approximate surface area is 48.2 Å². The van der Waals surface area contributed by atoms with E-state index in [1.807, 2.05) is 0 Å². The van der Waals surface area contributed by atoms with Crippen LogP contribution in [0.25, 0.3) is 0 Å². The lowest BCUT2D eigenvalue weighted by molar-refractivity contribution is -0.133. The van der Waals surface area contributed by atoms with Gasteiger partial charge in [0.25, 0.3) is 0 Å². The van der Waals surface area contributed by atoms with E-state index in [-0.39, 0.29) is 5.97 Å². The second kappa shape index (κ2) is 2.91.